The van der Waals surface area contributed by atoms with E-state index in [4.69, 9.17) is 11.6 Å². The minimum absolute atomic E-state index is 0.476. The van der Waals surface area contributed by atoms with Crippen LogP contribution in [0.4, 0.5) is 0 Å². The van der Waals surface area contributed by atoms with E-state index < -0.39 is 0 Å². The van der Waals surface area contributed by atoms with E-state index in [1.807, 2.05) is 18.2 Å². The van der Waals surface area contributed by atoms with Gasteiger partial charge in [0.25, 0.3) is 0 Å². The van der Waals surface area contributed by atoms with E-state index in [1.165, 1.54) is 0 Å². The number of aromatic nitrogens is 2. The summed E-state index contributed by atoms with van der Waals surface area (Å²) < 4.78 is 3.08. The van der Waals surface area contributed by atoms with E-state index in [-0.39, 0.29) is 0 Å². The molecule has 78 valence electrons. The number of halogens is 2. The summed E-state index contributed by atoms with van der Waals surface area (Å²) >= 11 is 9.63. The summed E-state index contributed by atoms with van der Waals surface area (Å²) in [5.41, 5.74) is 0.966. The van der Waals surface area contributed by atoms with Crippen LogP contribution in [0.1, 0.15) is 11.7 Å². The van der Waals surface area contributed by atoms with Crippen molar-refractivity contribution in [1.82, 2.24) is 14.7 Å². The summed E-state index contributed by atoms with van der Waals surface area (Å²) in [5, 5.41) is 3.82. The van der Waals surface area contributed by atoms with Gasteiger partial charge in [0.05, 0.1) is 10.1 Å². The van der Waals surface area contributed by atoms with Crippen LogP contribution in [0.5, 0.6) is 0 Å². The quantitative estimate of drug-likeness (QED) is 0.816. The molecule has 0 unspecified atom stereocenters. The zero-order valence-corrected chi connectivity index (χ0v) is 10.2. The standard InChI is InChI=1S/C10H9BrClN3/c11-8-3-1-2-7-9(12)14-10(15(7)8)6-4-13-5-6/h1-3,6,13H,4-5H2. The first-order chi connectivity index (χ1) is 7.27. The van der Waals surface area contributed by atoms with Crippen molar-refractivity contribution in [2.24, 2.45) is 0 Å². The molecule has 1 N–H and O–H groups in total. The molecule has 3 nitrogen and oxygen atoms in total. The highest BCUT2D eigenvalue weighted by molar-refractivity contribution is 9.10. The molecule has 3 rings (SSSR count). The highest BCUT2D eigenvalue weighted by Gasteiger charge is 2.25. The van der Waals surface area contributed by atoms with Crippen LogP contribution in [0.25, 0.3) is 5.52 Å². The van der Waals surface area contributed by atoms with Crippen LogP contribution in [0.3, 0.4) is 0 Å². The van der Waals surface area contributed by atoms with Crippen LogP contribution in [-0.2, 0) is 0 Å². The predicted molar refractivity (Wildman–Crippen MR) is 63.5 cm³/mol. The summed E-state index contributed by atoms with van der Waals surface area (Å²) in [6.07, 6.45) is 0. The molecule has 0 amide bonds. The number of nitrogens with zero attached hydrogens (tertiary/aromatic N) is 2. The minimum atomic E-state index is 0.476. The van der Waals surface area contributed by atoms with Gasteiger partial charge in [-0.2, -0.15) is 0 Å². The Morgan fingerprint density at radius 3 is 2.93 bits per heavy atom. The molecule has 2 aromatic rings. The topological polar surface area (TPSA) is 29.3 Å². The van der Waals surface area contributed by atoms with Crippen molar-refractivity contribution in [2.75, 3.05) is 13.1 Å². The molecule has 0 spiro atoms. The van der Waals surface area contributed by atoms with Gasteiger partial charge in [-0.1, -0.05) is 17.7 Å². The second kappa shape index (κ2) is 3.47. The number of pyridine rings is 1. The molecule has 1 aliphatic heterocycles. The molecule has 0 radical (unpaired) electrons. The molecule has 15 heavy (non-hydrogen) atoms. The van der Waals surface area contributed by atoms with Crippen molar-refractivity contribution in [3.8, 4) is 0 Å². The highest BCUT2D eigenvalue weighted by atomic mass is 79.9. The Labute approximate surface area is 101 Å². The van der Waals surface area contributed by atoms with E-state index in [0.717, 1.165) is 29.0 Å². The number of nitrogens with one attached hydrogen (secondary N) is 1. The maximum Gasteiger partial charge on any atom is 0.155 e. The molecule has 1 saturated heterocycles. The van der Waals surface area contributed by atoms with Crippen LogP contribution in [0.15, 0.2) is 22.8 Å². The zero-order chi connectivity index (χ0) is 10.4. The van der Waals surface area contributed by atoms with Crippen LogP contribution in [0.2, 0.25) is 5.15 Å². The Bertz CT molecular complexity index is 519. The number of hydrogen-bond donors (Lipinski definition) is 1. The summed E-state index contributed by atoms with van der Waals surface area (Å²) in [5.74, 6) is 1.52. The Balaban J connectivity index is 2.29. The SMILES string of the molecule is Clc1nc(C2CNC2)n2c(Br)cccc12. The van der Waals surface area contributed by atoms with Gasteiger partial charge in [0.15, 0.2) is 5.15 Å². The molecule has 3 heterocycles. The third kappa shape index (κ3) is 1.40. The molecule has 0 saturated carbocycles. The number of hydrogen-bond acceptors (Lipinski definition) is 2. The summed E-state index contributed by atoms with van der Waals surface area (Å²) in [6.45, 7) is 1.97. The highest BCUT2D eigenvalue weighted by Crippen LogP contribution is 2.28. The second-order valence-electron chi connectivity index (χ2n) is 3.69. The summed E-state index contributed by atoms with van der Waals surface area (Å²) in [7, 11) is 0. The lowest BCUT2D eigenvalue weighted by Crippen LogP contribution is -2.40. The lowest BCUT2D eigenvalue weighted by molar-refractivity contribution is 0.428. The van der Waals surface area contributed by atoms with Crippen LogP contribution >= 0.6 is 27.5 Å². The zero-order valence-electron chi connectivity index (χ0n) is 7.87. The molecule has 0 atom stereocenters. The smallest absolute Gasteiger partial charge is 0.155 e. The molecule has 0 aromatic carbocycles. The van der Waals surface area contributed by atoms with E-state index >= 15 is 0 Å². The number of rotatable bonds is 1. The van der Waals surface area contributed by atoms with Gasteiger partial charge in [-0.3, -0.25) is 4.40 Å². The summed E-state index contributed by atoms with van der Waals surface area (Å²) in [6, 6.07) is 5.95. The van der Waals surface area contributed by atoms with Crippen LogP contribution in [0, 0.1) is 0 Å². The molecule has 2 aromatic heterocycles. The van der Waals surface area contributed by atoms with Gasteiger partial charge in [-0.25, -0.2) is 4.98 Å². The van der Waals surface area contributed by atoms with E-state index in [2.05, 4.69) is 30.6 Å². The van der Waals surface area contributed by atoms with Crippen LogP contribution in [-0.4, -0.2) is 22.5 Å². The molecule has 1 fully saturated rings. The first kappa shape index (κ1) is 9.63. The average molecular weight is 287 g/mol. The minimum Gasteiger partial charge on any atom is -0.315 e. The van der Waals surface area contributed by atoms with Gasteiger partial charge < -0.3 is 5.32 Å². The predicted octanol–water partition coefficient (Wildman–Crippen LogP) is 2.44. The maximum atomic E-state index is 6.10. The largest absolute Gasteiger partial charge is 0.315 e. The fourth-order valence-corrected chi connectivity index (χ4v) is 2.59. The normalized spacial score (nSPS) is 16.9. The van der Waals surface area contributed by atoms with Crippen molar-refractivity contribution < 1.29 is 0 Å². The number of fused-ring (bicyclic) bond motifs is 1. The van der Waals surface area contributed by atoms with Gasteiger partial charge >= 0.3 is 0 Å². The van der Waals surface area contributed by atoms with E-state index in [9.17, 15) is 0 Å². The van der Waals surface area contributed by atoms with E-state index in [1.54, 1.807) is 0 Å². The molecule has 1 aliphatic rings. The van der Waals surface area contributed by atoms with Crippen molar-refractivity contribution in [3.63, 3.8) is 0 Å². The van der Waals surface area contributed by atoms with Gasteiger partial charge in [-0.15, -0.1) is 0 Å². The Hall–Kier alpha value is -0.580. The lowest BCUT2D eigenvalue weighted by Gasteiger charge is -2.26. The van der Waals surface area contributed by atoms with Crippen molar-refractivity contribution in [3.05, 3.63) is 33.8 Å². The molecule has 0 aliphatic carbocycles. The monoisotopic (exact) mass is 285 g/mol. The third-order valence-electron chi connectivity index (χ3n) is 2.74. The third-order valence-corrected chi connectivity index (χ3v) is 3.64. The van der Waals surface area contributed by atoms with Gasteiger partial charge in [-0.05, 0) is 28.1 Å². The first-order valence-electron chi connectivity index (χ1n) is 4.80. The Kier molecular flexibility index (Phi) is 2.23. The van der Waals surface area contributed by atoms with Crippen molar-refractivity contribution in [2.45, 2.75) is 5.92 Å². The van der Waals surface area contributed by atoms with E-state index in [0.29, 0.717) is 11.1 Å². The summed E-state index contributed by atoms with van der Waals surface area (Å²) in [4.78, 5) is 4.43. The van der Waals surface area contributed by atoms with Gasteiger partial charge in [0.2, 0.25) is 0 Å². The molecule has 0 bridgehead atoms. The Morgan fingerprint density at radius 2 is 2.27 bits per heavy atom. The molecular formula is C10H9BrClN3. The molecular weight excluding hydrogens is 277 g/mol. The van der Waals surface area contributed by atoms with Crippen molar-refractivity contribution in [1.29, 1.82) is 0 Å². The molecule has 5 heteroatoms. The second-order valence-corrected chi connectivity index (χ2v) is 4.86. The Morgan fingerprint density at radius 1 is 1.47 bits per heavy atom. The van der Waals surface area contributed by atoms with Gasteiger partial charge in [0.1, 0.15) is 5.82 Å². The fourth-order valence-electron chi connectivity index (χ4n) is 1.83. The average Bonchev–Trinajstić information content (AvgIpc) is 2.43. The van der Waals surface area contributed by atoms with Crippen LogP contribution < -0.4 is 5.32 Å². The van der Waals surface area contributed by atoms with Crippen molar-refractivity contribution >= 4 is 33.0 Å². The number of imidazole rings is 1. The first-order valence-corrected chi connectivity index (χ1v) is 5.97. The lowest BCUT2D eigenvalue weighted by atomic mass is 10.0. The van der Waals surface area contributed by atoms with Gasteiger partial charge in [0, 0.05) is 19.0 Å². The fraction of sp³-hybridized carbons (Fsp3) is 0.300. The maximum absolute atomic E-state index is 6.10.